The van der Waals surface area contributed by atoms with Gasteiger partial charge in [-0.25, -0.2) is 0 Å². The first-order valence-corrected chi connectivity index (χ1v) is 7.48. The standard InChI is InChI=1S/C17H28O2/c1-3-4-5-6-9-12-17(13-18,14-19)16-11-8-7-10-15(16)2/h7-8,10-11,18-19H,3-6,9,12-14H2,1-2H3. The summed E-state index contributed by atoms with van der Waals surface area (Å²) in [6.45, 7) is 4.29. The number of rotatable bonds is 9. The molecule has 0 spiro atoms. The Bertz CT molecular complexity index is 356. The Hall–Kier alpha value is -0.860. The Balaban J connectivity index is 2.71. The van der Waals surface area contributed by atoms with E-state index in [-0.39, 0.29) is 13.2 Å². The highest BCUT2D eigenvalue weighted by atomic mass is 16.3. The number of aliphatic hydroxyl groups is 2. The van der Waals surface area contributed by atoms with Gasteiger partial charge < -0.3 is 10.2 Å². The van der Waals surface area contributed by atoms with Crippen molar-refractivity contribution in [3.8, 4) is 0 Å². The van der Waals surface area contributed by atoms with E-state index in [1.165, 1.54) is 25.7 Å². The quantitative estimate of drug-likeness (QED) is 0.669. The summed E-state index contributed by atoms with van der Waals surface area (Å²) in [5.41, 5.74) is 1.77. The Morgan fingerprint density at radius 2 is 1.58 bits per heavy atom. The summed E-state index contributed by atoms with van der Waals surface area (Å²) in [4.78, 5) is 0. The van der Waals surface area contributed by atoms with Gasteiger partial charge in [0.05, 0.1) is 13.2 Å². The van der Waals surface area contributed by atoms with Gasteiger partial charge in [-0.15, -0.1) is 0 Å². The maximum atomic E-state index is 9.80. The molecule has 0 aliphatic heterocycles. The summed E-state index contributed by atoms with van der Waals surface area (Å²) in [5.74, 6) is 0. The third-order valence-electron chi connectivity index (χ3n) is 4.08. The molecule has 0 amide bonds. The first kappa shape index (κ1) is 16.2. The van der Waals surface area contributed by atoms with Crippen molar-refractivity contribution in [2.75, 3.05) is 13.2 Å². The summed E-state index contributed by atoms with van der Waals surface area (Å²) < 4.78 is 0. The van der Waals surface area contributed by atoms with Crippen LogP contribution in [0.5, 0.6) is 0 Å². The molecule has 0 heterocycles. The van der Waals surface area contributed by atoms with Crippen molar-refractivity contribution in [3.63, 3.8) is 0 Å². The molecule has 0 bridgehead atoms. The van der Waals surface area contributed by atoms with E-state index in [1.807, 2.05) is 31.2 Å². The second-order valence-corrected chi connectivity index (χ2v) is 5.58. The van der Waals surface area contributed by atoms with Crippen LogP contribution in [-0.4, -0.2) is 23.4 Å². The van der Waals surface area contributed by atoms with Crippen LogP contribution in [0.4, 0.5) is 0 Å². The fourth-order valence-electron chi connectivity index (χ4n) is 2.75. The molecule has 0 aromatic heterocycles. The second kappa shape index (κ2) is 8.34. The number of aryl methyl sites for hydroxylation is 1. The molecule has 19 heavy (non-hydrogen) atoms. The van der Waals surface area contributed by atoms with Gasteiger partial charge in [-0.05, 0) is 24.5 Å². The van der Waals surface area contributed by atoms with E-state index in [2.05, 4.69) is 6.92 Å². The van der Waals surface area contributed by atoms with E-state index in [0.717, 1.165) is 24.0 Å². The van der Waals surface area contributed by atoms with Gasteiger partial charge in [-0.1, -0.05) is 63.3 Å². The molecule has 0 fully saturated rings. The first-order valence-electron chi connectivity index (χ1n) is 7.48. The predicted molar refractivity (Wildman–Crippen MR) is 80.4 cm³/mol. The van der Waals surface area contributed by atoms with Crippen LogP contribution in [0.2, 0.25) is 0 Å². The lowest BCUT2D eigenvalue weighted by molar-refractivity contribution is 0.106. The monoisotopic (exact) mass is 264 g/mol. The van der Waals surface area contributed by atoms with Crippen molar-refractivity contribution in [1.82, 2.24) is 0 Å². The van der Waals surface area contributed by atoms with Crippen LogP contribution in [0.3, 0.4) is 0 Å². The lowest BCUT2D eigenvalue weighted by Crippen LogP contribution is -2.35. The average Bonchev–Trinajstić information content (AvgIpc) is 2.44. The fraction of sp³-hybridized carbons (Fsp3) is 0.647. The van der Waals surface area contributed by atoms with Gasteiger partial charge in [-0.2, -0.15) is 0 Å². The SMILES string of the molecule is CCCCCCCC(CO)(CO)c1ccccc1C. The molecule has 2 heteroatoms. The molecular formula is C17H28O2. The van der Waals surface area contributed by atoms with Crippen LogP contribution < -0.4 is 0 Å². The number of hydrogen-bond donors (Lipinski definition) is 2. The summed E-state index contributed by atoms with van der Waals surface area (Å²) in [7, 11) is 0. The first-order chi connectivity index (χ1) is 9.20. The lowest BCUT2D eigenvalue weighted by Gasteiger charge is -2.32. The average molecular weight is 264 g/mol. The highest BCUT2D eigenvalue weighted by Crippen LogP contribution is 2.32. The summed E-state index contributed by atoms with van der Waals surface area (Å²) in [6.07, 6.45) is 6.86. The molecule has 0 aliphatic carbocycles. The zero-order valence-corrected chi connectivity index (χ0v) is 12.4. The smallest absolute Gasteiger partial charge is 0.0550 e. The van der Waals surface area contributed by atoms with Crippen LogP contribution in [0.1, 0.15) is 56.6 Å². The number of hydrogen-bond acceptors (Lipinski definition) is 2. The van der Waals surface area contributed by atoms with Gasteiger partial charge in [0.1, 0.15) is 0 Å². The van der Waals surface area contributed by atoms with Crippen molar-refractivity contribution in [2.24, 2.45) is 0 Å². The predicted octanol–water partition coefficient (Wildman–Crippen LogP) is 3.58. The molecule has 1 aromatic rings. The molecular weight excluding hydrogens is 236 g/mol. The molecule has 1 rings (SSSR count). The highest BCUT2D eigenvalue weighted by Gasteiger charge is 2.31. The van der Waals surface area contributed by atoms with Gasteiger partial charge in [-0.3, -0.25) is 0 Å². The van der Waals surface area contributed by atoms with Crippen LogP contribution in [0.15, 0.2) is 24.3 Å². The van der Waals surface area contributed by atoms with E-state index in [9.17, 15) is 10.2 Å². The molecule has 0 atom stereocenters. The Kier molecular flexibility index (Phi) is 7.11. The second-order valence-electron chi connectivity index (χ2n) is 5.58. The van der Waals surface area contributed by atoms with Gasteiger partial charge in [0.2, 0.25) is 0 Å². The Morgan fingerprint density at radius 1 is 0.947 bits per heavy atom. The van der Waals surface area contributed by atoms with Crippen molar-refractivity contribution in [2.45, 2.75) is 57.8 Å². The van der Waals surface area contributed by atoms with E-state index < -0.39 is 5.41 Å². The maximum Gasteiger partial charge on any atom is 0.0550 e. The number of benzene rings is 1. The van der Waals surface area contributed by atoms with Gasteiger partial charge in [0, 0.05) is 5.41 Å². The number of unbranched alkanes of at least 4 members (excludes halogenated alkanes) is 4. The van der Waals surface area contributed by atoms with Crippen molar-refractivity contribution in [3.05, 3.63) is 35.4 Å². The van der Waals surface area contributed by atoms with Crippen molar-refractivity contribution in [1.29, 1.82) is 0 Å². The third-order valence-corrected chi connectivity index (χ3v) is 4.08. The highest BCUT2D eigenvalue weighted by molar-refractivity contribution is 5.33. The molecule has 0 saturated carbocycles. The van der Waals surface area contributed by atoms with Crippen LogP contribution in [0, 0.1) is 6.92 Å². The Morgan fingerprint density at radius 3 is 2.16 bits per heavy atom. The molecule has 2 N–H and O–H groups in total. The molecule has 0 saturated heterocycles. The Labute approximate surface area is 117 Å². The van der Waals surface area contributed by atoms with E-state index in [4.69, 9.17) is 0 Å². The lowest BCUT2D eigenvalue weighted by atomic mass is 9.75. The fourth-order valence-corrected chi connectivity index (χ4v) is 2.75. The van der Waals surface area contributed by atoms with Gasteiger partial charge in [0.15, 0.2) is 0 Å². The topological polar surface area (TPSA) is 40.5 Å². The van der Waals surface area contributed by atoms with Gasteiger partial charge in [0.25, 0.3) is 0 Å². The minimum Gasteiger partial charge on any atom is -0.395 e. The molecule has 108 valence electrons. The third kappa shape index (κ3) is 4.32. The van der Waals surface area contributed by atoms with E-state index in [0.29, 0.717) is 0 Å². The summed E-state index contributed by atoms with van der Waals surface area (Å²) in [5, 5.41) is 19.6. The molecule has 1 aromatic carbocycles. The molecule has 0 radical (unpaired) electrons. The normalized spacial score (nSPS) is 11.8. The largest absolute Gasteiger partial charge is 0.395 e. The summed E-state index contributed by atoms with van der Waals surface area (Å²) in [6, 6.07) is 8.07. The zero-order valence-electron chi connectivity index (χ0n) is 12.4. The molecule has 0 unspecified atom stereocenters. The minimum absolute atomic E-state index is 0.0160. The maximum absolute atomic E-state index is 9.80. The van der Waals surface area contributed by atoms with E-state index in [1.54, 1.807) is 0 Å². The number of aliphatic hydroxyl groups excluding tert-OH is 2. The van der Waals surface area contributed by atoms with Crippen molar-refractivity contribution < 1.29 is 10.2 Å². The van der Waals surface area contributed by atoms with Crippen molar-refractivity contribution >= 4 is 0 Å². The van der Waals surface area contributed by atoms with Crippen LogP contribution >= 0.6 is 0 Å². The molecule has 0 aliphatic rings. The van der Waals surface area contributed by atoms with Crippen LogP contribution in [-0.2, 0) is 5.41 Å². The van der Waals surface area contributed by atoms with Crippen LogP contribution in [0.25, 0.3) is 0 Å². The van der Waals surface area contributed by atoms with E-state index >= 15 is 0 Å². The molecule has 2 nitrogen and oxygen atoms in total. The summed E-state index contributed by atoms with van der Waals surface area (Å²) >= 11 is 0. The van der Waals surface area contributed by atoms with Gasteiger partial charge >= 0.3 is 0 Å². The zero-order chi connectivity index (χ0) is 14.1. The minimum atomic E-state index is -0.475.